The van der Waals surface area contributed by atoms with Gasteiger partial charge in [-0.3, -0.25) is 9.59 Å². The lowest BCUT2D eigenvalue weighted by Crippen LogP contribution is -2.49. The molecule has 2 fully saturated rings. The topological polar surface area (TPSA) is 86.8 Å². The molecule has 8 heteroatoms. The van der Waals surface area contributed by atoms with Gasteiger partial charge < -0.3 is 10.2 Å². The van der Waals surface area contributed by atoms with Gasteiger partial charge >= 0.3 is 0 Å². The second kappa shape index (κ2) is 11.4. The number of hydrogen-bond acceptors (Lipinski definition) is 4. The Morgan fingerprint density at radius 2 is 1.66 bits per heavy atom. The van der Waals surface area contributed by atoms with E-state index in [4.69, 9.17) is 0 Å². The van der Waals surface area contributed by atoms with E-state index in [1.54, 1.807) is 24.1 Å². The number of amides is 2. The summed E-state index contributed by atoms with van der Waals surface area (Å²) in [5, 5.41) is 2.89. The summed E-state index contributed by atoms with van der Waals surface area (Å²) >= 11 is 0. The highest BCUT2D eigenvalue weighted by Crippen LogP contribution is 2.27. The highest BCUT2D eigenvalue weighted by molar-refractivity contribution is 7.89. The van der Waals surface area contributed by atoms with E-state index in [2.05, 4.69) is 5.32 Å². The fourth-order valence-electron chi connectivity index (χ4n) is 5.05. The predicted molar refractivity (Wildman–Crippen MR) is 135 cm³/mol. The minimum atomic E-state index is -3.72. The molecule has 188 valence electrons. The molecule has 1 aliphatic heterocycles. The Labute approximate surface area is 208 Å². The van der Waals surface area contributed by atoms with Crippen LogP contribution in [0.15, 0.2) is 59.5 Å². The number of likely N-dealkylation sites (tertiary alicyclic amines) is 1. The standard InChI is InChI=1S/C27H35N3O4S/c1-29(23-14-6-3-7-15-23)35(33,34)24-16-10-13-22(20-24)26(31)28-25(19-21-11-4-2-5-12-21)27(32)30-17-8-9-18-30/h2,4-5,10-13,16,20,23,25H,3,6-9,14-15,17-19H2,1H3,(H,28,31). The predicted octanol–water partition coefficient (Wildman–Crippen LogP) is 3.60. The fourth-order valence-corrected chi connectivity index (χ4v) is 6.52. The molecule has 35 heavy (non-hydrogen) atoms. The first-order valence-corrected chi connectivity index (χ1v) is 14.0. The van der Waals surface area contributed by atoms with Gasteiger partial charge in [0.2, 0.25) is 15.9 Å². The largest absolute Gasteiger partial charge is 0.341 e. The van der Waals surface area contributed by atoms with E-state index in [-0.39, 0.29) is 22.4 Å². The van der Waals surface area contributed by atoms with Crippen LogP contribution in [0.25, 0.3) is 0 Å². The van der Waals surface area contributed by atoms with Crippen LogP contribution in [0, 0.1) is 0 Å². The molecule has 0 bridgehead atoms. The highest BCUT2D eigenvalue weighted by atomic mass is 32.2. The van der Waals surface area contributed by atoms with Crippen LogP contribution < -0.4 is 5.32 Å². The number of carbonyl (C=O) groups excluding carboxylic acids is 2. The van der Waals surface area contributed by atoms with Gasteiger partial charge in [-0.15, -0.1) is 0 Å². The molecule has 0 spiro atoms. The molecule has 1 unspecified atom stereocenters. The lowest BCUT2D eigenvalue weighted by Gasteiger charge is -2.30. The van der Waals surface area contributed by atoms with E-state index >= 15 is 0 Å². The Balaban J connectivity index is 1.52. The molecule has 1 saturated carbocycles. The Hall–Kier alpha value is -2.71. The van der Waals surface area contributed by atoms with E-state index in [9.17, 15) is 18.0 Å². The molecule has 1 saturated heterocycles. The van der Waals surface area contributed by atoms with Gasteiger partial charge in [-0.25, -0.2) is 8.42 Å². The molecule has 0 aromatic heterocycles. The van der Waals surface area contributed by atoms with Crippen LogP contribution in [0.1, 0.15) is 60.9 Å². The van der Waals surface area contributed by atoms with E-state index in [0.717, 1.165) is 50.5 Å². The maximum atomic E-state index is 13.3. The molecule has 4 rings (SSSR count). The van der Waals surface area contributed by atoms with Gasteiger partial charge in [0.05, 0.1) is 4.90 Å². The summed E-state index contributed by atoms with van der Waals surface area (Å²) in [6.07, 6.45) is 7.22. The molecule has 2 aliphatic rings. The smallest absolute Gasteiger partial charge is 0.251 e. The van der Waals surface area contributed by atoms with Crippen molar-refractivity contribution < 1.29 is 18.0 Å². The molecule has 2 amide bonds. The molecule has 0 radical (unpaired) electrons. The van der Waals surface area contributed by atoms with Gasteiger partial charge in [0.1, 0.15) is 6.04 Å². The van der Waals surface area contributed by atoms with Crippen LogP contribution in [0.4, 0.5) is 0 Å². The lowest BCUT2D eigenvalue weighted by atomic mass is 9.96. The highest BCUT2D eigenvalue weighted by Gasteiger charge is 2.31. The van der Waals surface area contributed by atoms with E-state index in [1.165, 1.54) is 16.4 Å². The number of hydrogen-bond donors (Lipinski definition) is 1. The molecular weight excluding hydrogens is 462 g/mol. The average molecular weight is 498 g/mol. The molecular formula is C27H35N3O4S. The number of sulfonamides is 1. The zero-order valence-electron chi connectivity index (χ0n) is 20.4. The molecule has 1 atom stereocenters. The maximum absolute atomic E-state index is 13.3. The van der Waals surface area contributed by atoms with Crippen LogP contribution in [-0.4, -0.2) is 61.7 Å². The summed E-state index contributed by atoms with van der Waals surface area (Å²) < 4.78 is 28.0. The van der Waals surface area contributed by atoms with Crippen LogP contribution in [-0.2, 0) is 21.2 Å². The molecule has 7 nitrogen and oxygen atoms in total. The van der Waals surface area contributed by atoms with Gasteiger partial charge in [-0.1, -0.05) is 55.7 Å². The molecule has 2 aromatic carbocycles. The van der Waals surface area contributed by atoms with Crippen molar-refractivity contribution in [2.24, 2.45) is 0 Å². The number of rotatable bonds is 8. The Morgan fingerprint density at radius 3 is 2.34 bits per heavy atom. The average Bonchev–Trinajstić information content (AvgIpc) is 3.44. The summed E-state index contributed by atoms with van der Waals surface area (Å²) in [5.41, 5.74) is 1.19. The molecule has 2 aromatic rings. The number of carbonyl (C=O) groups is 2. The second-order valence-electron chi connectivity index (χ2n) is 9.59. The number of benzene rings is 2. The van der Waals surface area contributed by atoms with Crippen molar-refractivity contribution in [3.05, 3.63) is 65.7 Å². The fraction of sp³-hybridized carbons (Fsp3) is 0.481. The Kier molecular flexibility index (Phi) is 8.23. The van der Waals surface area contributed by atoms with Gasteiger partial charge in [0.25, 0.3) is 5.91 Å². The van der Waals surface area contributed by atoms with Gasteiger partial charge in [0.15, 0.2) is 0 Å². The third-order valence-electron chi connectivity index (χ3n) is 7.17. The van der Waals surface area contributed by atoms with Crippen molar-refractivity contribution in [2.45, 2.75) is 68.3 Å². The summed E-state index contributed by atoms with van der Waals surface area (Å²) in [5.74, 6) is -0.545. The van der Waals surface area contributed by atoms with Crippen molar-refractivity contribution in [1.82, 2.24) is 14.5 Å². The quantitative estimate of drug-likeness (QED) is 0.604. The lowest BCUT2D eigenvalue weighted by molar-refractivity contribution is -0.132. The zero-order valence-corrected chi connectivity index (χ0v) is 21.2. The summed E-state index contributed by atoms with van der Waals surface area (Å²) in [6, 6.07) is 15.0. The number of nitrogens with one attached hydrogen (secondary N) is 1. The van der Waals surface area contributed by atoms with Crippen LogP contribution in [0.5, 0.6) is 0 Å². The van der Waals surface area contributed by atoms with Crippen LogP contribution >= 0.6 is 0 Å². The van der Waals surface area contributed by atoms with E-state index in [0.29, 0.717) is 19.5 Å². The van der Waals surface area contributed by atoms with E-state index in [1.807, 2.05) is 30.3 Å². The van der Waals surface area contributed by atoms with Gasteiger partial charge in [-0.2, -0.15) is 4.31 Å². The Bertz CT molecular complexity index is 1120. The first-order valence-electron chi connectivity index (χ1n) is 12.6. The third-order valence-corrected chi connectivity index (χ3v) is 9.07. The monoisotopic (exact) mass is 497 g/mol. The van der Waals surface area contributed by atoms with Crippen molar-refractivity contribution in [1.29, 1.82) is 0 Å². The SMILES string of the molecule is CN(C1CCCCC1)S(=O)(=O)c1cccc(C(=O)NC(Cc2ccccc2)C(=O)N2CCCC2)c1. The summed E-state index contributed by atoms with van der Waals surface area (Å²) in [6.45, 7) is 1.39. The van der Waals surface area contributed by atoms with Crippen molar-refractivity contribution in [3.63, 3.8) is 0 Å². The van der Waals surface area contributed by atoms with Gasteiger partial charge in [0, 0.05) is 38.2 Å². The summed E-state index contributed by atoms with van der Waals surface area (Å²) in [4.78, 5) is 28.3. The molecule has 1 aliphatic carbocycles. The normalized spacial score (nSPS) is 17.9. The molecule has 1 N–H and O–H groups in total. The Morgan fingerprint density at radius 1 is 0.971 bits per heavy atom. The van der Waals surface area contributed by atoms with Crippen molar-refractivity contribution in [2.75, 3.05) is 20.1 Å². The first-order chi connectivity index (χ1) is 16.9. The maximum Gasteiger partial charge on any atom is 0.251 e. The minimum absolute atomic E-state index is 0.0143. The van der Waals surface area contributed by atoms with Crippen molar-refractivity contribution in [3.8, 4) is 0 Å². The molecule has 1 heterocycles. The first kappa shape index (κ1) is 25.4. The van der Waals surface area contributed by atoms with Crippen molar-refractivity contribution >= 4 is 21.8 Å². The number of nitrogens with zero attached hydrogens (tertiary/aromatic N) is 2. The van der Waals surface area contributed by atoms with Crippen LogP contribution in [0.2, 0.25) is 0 Å². The second-order valence-corrected chi connectivity index (χ2v) is 11.6. The van der Waals surface area contributed by atoms with E-state index < -0.39 is 22.0 Å². The zero-order chi connectivity index (χ0) is 24.8. The van der Waals surface area contributed by atoms with Crippen LogP contribution in [0.3, 0.4) is 0 Å². The summed E-state index contributed by atoms with van der Waals surface area (Å²) in [7, 11) is -2.10. The van der Waals surface area contributed by atoms with Gasteiger partial charge in [-0.05, 0) is 49.4 Å². The third kappa shape index (κ3) is 6.11. The minimum Gasteiger partial charge on any atom is -0.341 e.